The highest BCUT2D eigenvalue weighted by Gasteiger charge is 2.20. The zero-order valence-corrected chi connectivity index (χ0v) is 14.7. The molecule has 0 fully saturated rings. The minimum Gasteiger partial charge on any atom is -0.452 e. The number of hydrogen-bond donors (Lipinski definition) is 1. The van der Waals surface area contributed by atoms with Crippen LogP contribution in [0.15, 0.2) is 59.5 Å². The first-order valence-corrected chi connectivity index (χ1v) is 8.66. The Balaban J connectivity index is 1.86. The van der Waals surface area contributed by atoms with Gasteiger partial charge in [0.25, 0.3) is 5.91 Å². The van der Waals surface area contributed by atoms with E-state index in [4.69, 9.17) is 4.74 Å². The Morgan fingerprint density at radius 3 is 2.42 bits per heavy atom. The highest BCUT2D eigenvalue weighted by Crippen LogP contribution is 2.25. The molecule has 5 nitrogen and oxygen atoms in total. The summed E-state index contributed by atoms with van der Waals surface area (Å²) < 4.78 is 34.2. The molecular formula is C18H17F2NO4S. The van der Waals surface area contributed by atoms with Gasteiger partial charge in [0.05, 0.1) is 11.4 Å². The van der Waals surface area contributed by atoms with Crippen LogP contribution in [0.25, 0.3) is 0 Å². The van der Waals surface area contributed by atoms with E-state index in [2.05, 4.69) is 10.1 Å². The maximum absolute atomic E-state index is 12.4. The lowest BCUT2D eigenvalue weighted by atomic mass is 10.2. The highest BCUT2D eigenvalue weighted by molar-refractivity contribution is 8.00. The van der Waals surface area contributed by atoms with Crippen molar-refractivity contribution in [1.82, 2.24) is 0 Å². The van der Waals surface area contributed by atoms with Crippen molar-refractivity contribution in [1.29, 1.82) is 0 Å². The van der Waals surface area contributed by atoms with Crippen LogP contribution in [0.1, 0.15) is 6.92 Å². The molecule has 0 saturated carbocycles. The first-order valence-electron chi connectivity index (χ1n) is 7.67. The van der Waals surface area contributed by atoms with Gasteiger partial charge in [0, 0.05) is 4.90 Å². The number of para-hydroxylation sites is 2. The van der Waals surface area contributed by atoms with E-state index in [0.717, 1.165) is 4.90 Å². The molecule has 0 saturated heterocycles. The van der Waals surface area contributed by atoms with Gasteiger partial charge in [-0.25, -0.2) is 0 Å². The number of rotatable bonds is 8. The van der Waals surface area contributed by atoms with Crippen LogP contribution >= 0.6 is 11.8 Å². The van der Waals surface area contributed by atoms with Gasteiger partial charge in [0.2, 0.25) is 0 Å². The molecular weight excluding hydrogens is 364 g/mol. The van der Waals surface area contributed by atoms with Crippen molar-refractivity contribution in [2.45, 2.75) is 24.5 Å². The Hall–Kier alpha value is -2.61. The molecule has 0 aromatic heterocycles. The van der Waals surface area contributed by atoms with Crippen LogP contribution in [0.3, 0.4) is 0 Å². The van der Waals surface area contributed by atoms with Gasteiger partial charge in [0.15, 0.2) is 6.10 Å². The van der Waals surface area contributed by atoms with Crippen LogP contribution in [0.5, 0.6) is 5.75 Å². The number of ether oxygens (including phenoxy) is 2. The Labute approximate surface area is 153 Å². The maximum Gasteiger partial charge on any atom is 0.387 e. The predicted molar refractivity (Wildman–Crippen MR) is 94.4 cm³/mol. The molecule has 1 atom stereocenters. The van der Waals surface area contributed by atoms with Gasteiger partial charge in [-0.1, -0.05) is 30.3 Å². The number of hydrogen-bond acceptors (Lipinski definition) is 5. The first-order chi connectivity index (χ1) is 12.5. The number of amides is 1. The molecule has 26 heavy (non-hydrogen) atoms. The second-order valence-electron chi connectivity index (χ2n) is 5.10. The van der Waals surface area contributed by atoms with Crippen molar-refractivity contribution >= 4 is 29.3 Å². The molecule has 138 valence electrons. The summed E-state index contributed by atoms with van der Waals surface area (Å²) in [6.07, 6.45) is -1.08. The van der Waals surface area contributed by atoms with Gasteiger partial charge in [-0.3, -0.25) is 9.59 Å². The molecule has 0 radical (unpaired) electrons. The summed E-state index contributed by atoms with van der Waals surface area (Å²) in [7, 11) is 0. The second kappa shape index (κ2) is 9.76. The van der Waals surface area contributed by atoms with E-state index in [1.165, 1.54) is 36.9 Å². The monoisotopic (exact) mass is 381 g/mol. The Morgan fingerprint density at radius 2 is 1.73 bits per heavy atom. The molecule has 0 unspecified atom stereocenters. The minimum absolute atomic E-state index is 0.0483. The molecule has 2 aromatic carbocycles. The Kier molecular flexibility index (Phi) is 7.40. The highest BCUT2D eigenvalue weighted by atomic mass is 32.2. The lowest BCUT2D eigenvalue weighted by molar-refractivity contribution is -0.150. The van der Waals surface area contributed by atoms with E-state index in [1.54, 1.807) is 6.07 Å². The SMILES string of the molecule is C[C@H](OC(=O)CSc1ccccc1)C(=O)Nc1ccccc1OC(F)F. The summed E-state index contributed by atoms with van der Waals surface area (Å²) in [5.74, 6) is -1.33. The average molecular weight is 381 g/mol. The summed E-state index contributed by atoms with van der Waals surface area (Å²) in [5, 5.41) is 2.41. The molecule has 2 rings (SSSR count). The number of thioether (sulfide) groups is 1. The van der Waals surface area contributed by atoms with Crippen molar-refractivity contribution in [2.24, 2.45) is 0 Å². The van der Waals surface area contributed by atoms with Gasteiger partial charge in [-0.15, -0.1) is 11.8 Å². The third-order valence-corrected chi connectivity index (χ3v) is 4.12. The summed E-state index contributed by atoms with van der Waals surface area (Å²) in [6, 6.07) is 15.0. The van der Waals surface area contributed by atoms with Gasteiger partial charge in [0.1, 0.15) is 5.75 Å². The number of benzene rings is 2. The lowest BCUT2D eigenvalue weighted by Gasteiger charge is -2.15. The van der Waals surface area contributed by atoms with Crippen LogP contribution in [-0.2, 0) is 14.3 Å². The lowest BCUT2D eigenvalue weighted by Crippen LogP contribution is -2.30. The van der Waals surface area contributed by atoms with Crippen LogP contribution in [-0.4, -0.2) is 30.3 Å². The van der Waals surface area contributed by atoms with E-state index in [1.807, 2.05) is 30.3 Å². The number of alkyl halides is 2. The van der Waals surface area contributed by atoms with E-state index in [0.29, 0.717) is 0 Å². The van der Waals surface area contributed by atoms with Crippen molar-refractivity contribution in [3.05, 3.63) is 54.6 Å². The summed E-state index contributed by atoms with van der Waals surface area (Å²) >= 11 is 1.29. The molecule has 8 heteroatoms. The number of carbonyl (C=O) groups excluding carboxylic acids is 2. The van der Waals surface area contributed by atoms with Gasteiger partial charge in [-0.05, 0) is 31.2 Å². The largest absolute Gasteiger partial charge is 0.452 e. The fraction of sp³-hybridized carbons (Fsp3) is 0.222. The van der Waals surface area contributed by atoms with Gasteiger partial charge in [-0.2, -0.15) is 8.78 Å². The van der Waals surface area contributed by atoms with Crippen LogP contribution < -0.4 is 10.1 Å². The first kappa shape index (κ1) is 19.7. The molecule has 1 N–H and O–H groups in total. The van der Waals surface area contributed by atoms with E-state index in [-0.39, 0.29) is 17.2 Å². The summed E-state index contributed by atoms with van der Waals surface area (Å²) in [4.78, 5) is 24.9. The minimum atomic E-state index is -3.02. The van der Waals surface area contributed by atoms with Crippen LogP contribution in [0, 0.1) is 0 Å². The van der Waals surface area contributed by atoms with E-state index in [9.17, 15) is 18.4 Å². The third kappa shape index (κ3) is 6.36. The van der Waals surface area contributed by atoms with Crippen molar-refractivity contribution < 1.29 is 27.8 Å². The zero-order valence-electron chi connectivity index (χ0n) is 13.9. The van der Waals surface area contributed by atoms with Crippen molar-refractivity contribution in [3.8, 4) is 5.75 Å². The quantitative estimate of drug-likeness (QED) is 0.554. The fourth-order valence-corrected chi connectivity index (χ4v) is 2.65. The number of anilines is 1. The number of nitrogens with one attached hydrogen (secondary N) is 1. The average Bonchev–Trinajstić information content (AvgIpc) is 2.62. The number of carbonyl (C=O) groups is 2. The third-order valence-electron chi connectivity index (χ3n) is 3.14. The normalized spacial score (nSPS) is 11.7. The van der Waals surface area contributed by atoms with E-state index < -0.39 is 24.6 Å². The second-order valence-corrected chi connectivity index (χ2v) is 6.15. The molecule has 2 aromatic rings. The van der Waals surface area contributed by atoms with Gasteiger partial charge >= 0.3 is 12.6 Å². The van der Waals surface area contributed by atoms with Crippen LogP contribution in [0.2, 0.25) is 0 Å². The van der Waals surface area contributed by atoms with Crippen LogP contribution in [0.4, 0.5) is 14.5 Å². The predicted octanol–water partition coefficient (Wildman–Crippen LogP) is 3.95. The number of halogens is 2. The van der Waals surface area contributed by atoms with Crippen molar-refractivity contribution in [3.63, 3.8) is 0 Å². The summed E-state index contributed by atoms with van der Waals surface area (Å²) in [5.41, 5.74) is 0.0689. The standard InChI is InChI=1S/C18H17F2NO4S/c1-12(24-16(22)11-26-13-7-3-2-4-8-13)17(23)21-14-9-5-6-10-15(14)25-18(19)20/h2-10,12,18H,11H2,1H3,(H,21,23)/t12-/m0/s1. The zero-order chi connectivity index (χ0) is 18.9. The summed E-state index contributed by atoms with van der Waals surface area (Å²) in [6.45, 7) is -1.62. The Bertz CT molecular complexity index is 743. The molecule has 0 aliphatic heterocycles. The molecule has 1 amide bonds. The molecule has 0 spiro atoms. The molecule has 0 bridgehead atoms. The van der Waals surface area contributed by atoms with Crippen molar-refractivity contribution in [2.75, 3.05) is 11.1 Å². The Morgan fingerprint density at radius 1 is 1.08 bits per heavy atom. The fourth-order valence-electron chi connectivity index (χ4n) is 1.95. The smallest absolute Gasteiger partial charge is 0.387 e. The topological polar surface area (TPSA) is 64.6 Å². The molecule has 0 aliphatic rings. The van der Waals surface area contributed by atoms with E-state index >= 15 is 0 Å². The maximum atomic E-state index is 12.4. The number of esters is 1. The van der Waals surface area contributed by atoms with Gasteiger partial charge < -0.3 is 14.8 Å². The molecule has 0 heterocycles. The molecule has 0 aliphatic carbocycles.